The van der Waals surface area contributed by atoms with Crippen molar-refractivity contribution in [2.75, 3.05) is 0 Å². The van der Waals surface area contributed by atoms with E-state index in [4.69, 9.17) is 11.6 Å². The van der Waals surface area contributed by atoms with Crippen LogP contribution < -0.4 is 5.56 Å². The first kappa shape index (κ1) is 10.3. The van der Waals surface area contributed by atoms with Crippen LogP contribution in [-0.2, 0) is 6.42 Å². The number of rotatable bonds is 2. The zero-order valence-corrected chi connectivity index (χ0v) is 9.89. The molecule has 1 aromatic heterocycles. The van der Waals surface area contributed by atoms with E-state index in [9.17, 15) is 4.79 Å². The maximum Gasteiger partial charge on any atom is 0.285 e. The van der Waals surface area contributed by atoms with Crippen LogP contribution in [-0.4, -0.2) is 9.97 Å². The maximum absolute atomic E-state index is 11.4. The molecule has 1 saturated carbocycles. The highest BCUT2D eigenvalue weighted by atomic mass is 35.5. The van der Waals surface area contributed by atoms with E-state index in [-0.39, 0.29) is 10.7 Å². The fourth-order valence-corrected chi connectivity index (χ4v) is 2.79. The van der Waals surface area contributed by atoms with Crippen molar-refractivity contribution in [2.45, 2.75) is 44.4 Å². The van der Waals surface area contributed by atoms with Gasteiger partial charge in [0.2, 0.25) is 0 Å². The summed E-state index contributed by atoms with van der Waals surface area (Å²) >= 11 is 5.81. The first-order valence-electron chi connectivity index (χ1n) is 6.02. The SMILES string of the molecule is O=c1[nH]c2c(nc1Cl)C(CC1CC1)CCC2. The second-order valence-corrected chi connectivity index (χ2v) is 5.35. The molecule has 1 fully saturated rings. The van der Waals surface area contributed by atoms with Crippen LogP contribution >= 0.6 is 11.6 Å². The van der Waals surface area contributed by atoms with E-state index < -0.39 is 0 Å². The van der Waals surface area contributed by atoms with Crippen LogP contribution in [0.1, 0.15) is 49.4 Å². The minimum absolute atomic E-state index is 0.0986. The van der Waals surface area contributed by atoms with Gasteiger partial charge in [0.25, 0.3) is 5.56 Å². The number of hydrogen-bond acceptors (Lipinski definition) is 2. The van der Waals surface area contributed by atoms with Crippen molar-refractivity contribution in [1.82, 2.24) is 9.97 Å². The Morgan fingerprint density at radius 3 is 2.94 bits per heavy atom. The standard InChI is InChI=1S/C12H15ClN2O/c13-11-12(16)14-9-3-1-2-8(10(9)15-11)6-7-4-5-7/h7-8H,1-6H2,(H,14,16). The quantitative estimate of drug-likeness (QED) is 0.861. The molecule has 0 spiro atoms. The topological polar surface area (TPSA) is 45.8 Å². The smallest absolute Gasteiger partial charge is 0.285 e. The van der Waals surface area contributed by atoms with Crippen LogP contribution in [0.15, 0.2) is 4.79 Å². The molecule has 16 heavy (non-hydrogen) atoms. The van der Waals surface area contributed by atoms with Gasteiger partial charge in [-0.3, -0.25) is 4.79 Å². The minimum atomic E-state index is -0.243. The zero-order valence-electron chi connectivity index (χ0n) is 9.13. The Morgan fingerprint density at radius 1 is 1.38 bits per heavy atom. The Morgan fingerprint density at radius 2 is 2.19 bits per heavy atom. The summed E-state index contributed by atoms with van der Waals surface area (Å²) in [6, 6.07) is 0. The van der Waals surface area contributed by atoms with Crippen molar-refractivity contribution in [2.24, 2.45) is 5.92 Å². The number of fused-ring (bicyclic) bond motifs is 1. The Bertz CT molecular complexity index is 465. The maximum atomic E-state index is 11.4. The van der Waals surface area contributed by atoms with Gasteiger partial charge < -0.3 is 4.98 Å². The van der Waals surface area contributed by atoms with Crippen molar-refractivity contribution in [3.8, 4) is 0 Å². The van der Waals surface area contributed by atoms with E-state index in [0.717, 1.165) is 30.1 Å². The van der Waals surface area contributed by atoms with E-state index in [1.807, 2.05) is 0 Å². The number of hydrogen-bond donors (Lipinski definition) is 1. The van der Waals surface area contributed by atoms with Crippen molar-refractivity contribution < 1.29 is 0 Å². The lowest BCUT2D eigenvalue weighted by atomic mass is 9.85. The lowest BCUT2D eigenvalue weighted by molar-refractivity contribution is 0.475. The highest BCUT2D eigenvalue weighted by molar-refractivity contribution is 6.29. The third-order valence-electron chi connectivity index (χ3n) is 3.66. The molecule has 1 aromatic rings. The van der Waals surface area contributed by atoms with E-state index >= 15 is 0 Å². The molecular weight excluding hydrogens is 224 g/mol. The molecule has 0 aromatic carbocycles. The predicted octanol–water partition coefficient (Wildman–Crippen LogP) is 2.64. The van der Waals surface area contributed by atoms with Crippen LogP contribution in [0.3, 0.4) is 0 Å². The predicted molar refractivity (Wildman–Crippen MR) is 62.9 cm³/mol. The van der Waals surface area contributed by atoms with E-state index in [2.05, 4.69) is 9.97 Å². The normalized spacial score (nSPS) is 24.2. The van der Waals surface area contributed by atoms with Gasteiger partial charge in [0, 0.05) is 11.6 Å². The van der Waals surface area contributed by atoms with Gasteiger partial charge in [0.1, 0.15) is 0 Å². The van der Waals surface area contributed by atoms with Gasteiger partial charge in [-0.05, 0) is 31.6 Å². The number of halogens is 1. The number of nitrogens with zero attached hydrogens (tertiary/aromatic N) is 1. The third kappa shape index (κ3) is 1.88. The molecule has 2 aliphatic rings. The monoisotopic (exact) mass is 238 g/mol. The molecule has 1 atom stereocenters. The number of aryl methyl sites for hydroxylation is 1. The molecule has 0 bridgehead atoms. The van der Waals surface area contributed by atoms with Gasteiger partial charge in [-0.2, -0.15) is 0 Å². The van der Waals surface area contributed by atoms with Gasteiger partial charge in [-0.25, -0.2) is 4.98 Å². The molecule has 86 valence electrons. The van der Waals surface area contributed by atoms with E-state index in [1.54, 1.807) is 0 Å². The Labute approximate surface area is 99.2 Å². The molecule has 3 nitrogen and oxygen atoms in total. The van der Waals surface area contributed by atoms with Crippen LogP contribution in [0.25, 0.3) is 0 Å². The number of aromatic amines is 1. The van der Waals surface area contributed by atoms with Gasteiger partial charge >= 0.3 is 0 Å². The Hall–Kier alpha value is -0.830. The Balaban J connectivity index is 1.96. The van der Waals surface area contributed by atoms with Gasteiger partial charge in [-0.1, -0.05) is 24.4 Å². The summed E-state index contributed by atoms with van der Waals surface area (Å²) in [7, 11) is 0. The van der Waals surface area contributed by atoms with Gasteiger partial charge in [0.15, 0.2) is 5.15 Å². The fraction of sp³-hybridized carbons (Fsp3) is 0.667. The largest absolute Gasteiger partial charge is 0.322 e. The summed E-state index contributed by atoms with van der Waals surface area (Å²) in [5, 5.41) is 0.0986. The van der Waals surface area contributed by atoms with Crippen LogP contribution in [0, 0.1) is 5.92 Å². The molecule has 0 radical (unpaired) electrons. The average molecular weight is 239 g/mol. The first-order chi connectivity index (χ1) is 7.74. The summed E-state index contributed by atoms with van der Waals surface area (Å²) in [6.45, 7) is 0. The van der Waals surface area contributed by atoms with Gasteiger partial charge in [0.05, 0.1) is 5.69 Å². The van der Waals surface area contributed by atoms with Crippen LogP contribution in [0.2, 0.25) is 5.15 Å². The lowest BCUT2D eigenvalue weighted by Crippen LogP contribution is -2.21. The van der Waals surface area contributed by atoms with Crippen LogP contribution in [0.5, 0.6) is 0 Å². The van der Waals surface area contributed by atoms with Crippen molar-refractivity contribution in [3.05, 3.63) is 26.9 Å². The summed E-state index contributed by atoms with van der Waals surface area (Å²) in [5.41, 5.74) is 1.83. The molecule has 0 aliphatic heterocycles. The molecular formula is C12H15ClN2O. The molecule has 0 saturated heterocycles. The average Bonchev–Trinajstić information content (AvgIpc) is 3.05. The summed E-state index contributed by atoms with van der Waals surface area (Å²) in [5.74, 6) is 1.41. The van der Waals surface area contributed by atoms with Gasteiger partial charge in [-0.15, -0.1) is 0 Å². The molecule has 4 heteroatoms. The number of H-pyrrole nitrogens is 1. The zero-order chi connectivity index (χ0) is 11.1. The fourth-order valence-electron chi connectivity index (χ4n) is 2.65. The second kappa shape index (κ2) is 3.88. The van der Waals surface area contributed by atoms with Crippen molar-refractivity contribution in [3.63, 3.8) is 0 Å². The first-order valence-corrected chi connectivity index (χ1v) is 6.40. The molecule has 1 unspecified atom stereocenters. The third-order valence-corrected chi connectivity index (χ3v) is 3.92. The van der Waals surface area contributed by atoms with E-state index in [1.165, 1.54) is 25.7 Å². The molecule has 1 N–H and O–H groups in total. The molecule has 1 heterocycles. The number of nitrogens with one attached hydrogen (secondary N) is 1. The van der Waals surface area contributed by atoms with Crippen molar-refractivity contribution >= 4 is 11.6 Å². The van der Waals surface area contributed by atoms with Crippen molar-refractivity contribution in [1.29, 1.82) is 0 Å². The van der Waals surface area contributed by atoms with E-state index in [0.29, 0.717) is 5.92 Å². The summed E-state index contributed by atoms with van der Waals surface area (Å²) in [4.78, 5) is 18.5. The highest BCUT2D eigenvalue weighted by Crippen LogP contribution is 2.42. The lowest BCUT2D eigenvalue weighted by Gasteiger charge is -2.23. The summed E-state index contributed by atoms with van der Waals surface area (Å²) in [6.07, 6.45) is 7.24. The summed E-state index contributed by atoms with van der Waals surface area (Å²) < 4.78 is 0. The minimum Gasteiger partial charge on any atom is -0.322 e. The molecule has 3 rings (SSSR count). The molecule has 0 amide bonds. The van der Waals surface area contributed by atoms with Crippen LogP contribution in [0.4, 0.5) is 0 Å². The highest BCUT2D eigenvalue weighted by Gasteiger charge is 2.30. The molecule has 2 aliphatic carbocycles. The second-order valence-electron chi connectivity index (χ2n) is 4.99. The number of aromatic nitrogens is 2. The Kier molecular flexibility index (Phi) is 2.51.